The molecule has 1 heterocycles. The molecule has 31 heavy (non-hydrogen) atoms. The molecule has 8 N–H and O–H groups in total. The average Bonchev–Trinajstić information content (AvgIpc) is 3.22. The third-order valence-electron chi connectivity index (χ3n) is 5.25. The third-order valence-corrected chi connectivity index (χ3v) is 5.25. The van der Waals surface area contributed by atoms with Crippen molar-refractivity contribution in [2.45, 2.75) is 76.7 Å². The number of nitrogens with two attached hydrogens (primary N) is 1. The van der Waals surface area contributed by atoms with Crippen molar-refractivity contribution >= 4 is 29.6 Å². The Hall–Kier alpha value is -2.73. The minimum Gasteiger partial charge on any atom is -0.480 e. The first-order chi connectivity index (χ1) is 14.5. The van der Waals surface area contributed by atoms with Gasteiger partial charge in [-0.25, -0.2) is 4.79 Å². The third kappa shape index (κ3) is 8.13. The number of amides is 4. The lowest BCUT2D eigenvalue weighted by atomic mass is 9.98. The molecule has 12 heteroatoms. The van der Waals surface area contributed by atoms with Crippen molar-refractivity contribution in [3.05, 3.63) is 0 Å². The van der Waals surface area contributed by atoms with Gasteiger partial charge in [0, 0.05) is 0 Å². The Bertz CT molecular complexity index is 679. The summed E-state index contributed by atoms with van der Waals surface area (Å²) in [6, 6.07) is -4.59. The molecule has 1 rings (SSSR count). The summed E-state index contributed by atoms with van der Waals surface area (Å²) in [4.78, 5) is 60.5. The van der Waals surface area contributed by atoms with E-state index in [1.807, 2.05) is 0 Å². The fourth-order valence-electron chi connectivity index (χ4n) is 3.18. The number of hydrogen-bond acceptors (Lipinski definition) is 7. The average molecular weight is 444 g/mol. The predicted molar refractivity (Wildman–Crippen MR) is 109 cm³/mol. The predicted octanol–water partition coefficient (Wildman–Crippen LogP) is -2.42. The topological polar surface area (TPSA) is 200 Å². The summed E-state index contributed by atoms with van der Waals surface area (Å²) in [6.45, 7) is 5.30. The highest BCUT2D eigenvalue weighted by Crippen LogP contribution is 2.09. The van der Waals surface area contributed by atoms with Gasteiger partial charge < -0.3 is 37.2 Å². The molecule has 0 aromatic heterocycles. The minimum atomic E-state index is -1.50. The van der Waals surface area contributed by atoms with Crippen LogP contribution in [0.3, 0.4) is 0 Å². The highest BCUT2D eigenvalue weighted by atomic mass is 16.4. The Morgan fingerprint density at radius 1 is 1.06 bits per heavy atom. The van der Waals surface area contributed by atoms with Gasteiger partial charge in [-0.3, -0.25) is 19.2 Å². The summed E-state index contributed by atoms with van der Waals surface area (Å²) in [5.41, 5.74) is 5.18. The molecule has 1 aliphatic heterocycles. The fourth-order valence-corrected chi connectivity index (χ4v) is 3.18. The second-order valence-corrected chi connectivity index (χ2v) is 7.82. The van der Waals surface area contributed by atoms with Gasteiger partial charge in [-0.15, -0.1) is 0 Å². The number of carbonyl (C=O) groups is 5. The van der Waals surface area contributed by atoms with Gasteiger partial charge in [-0.05, 0) is 32.2 Å². The number of carboxylic acid groups (broad SMARTS) is 1. The summed E-state index contributed by atoms with van der Waals surface area (Å²) in [5, 5.41) is 29.3. The Morgan fingerprint density at radius 3 is 2.13 bits per heavy atom. The van der Waals surface area contributed by atoms with Crippen LogP contribution in [0, 0.1) is 5.92 Å². The van der Waals surface area contributed by atoms with Gasteiger partial charge in [0.25, 0.3) is 0 Å². The molecular formula is C19H33N5O7. The van der Waals surface area contributed by atoms with E-state index in [4.69, 9.17) is 5.73 Å². The van der Waals surface area contributed by atoms with Crippen LogP contribution < -0.4 is 27.0 Å². The second-order valence-electron chi connectivity index (χ2n) is 7.82. The summed E-state index contributed by atoms with van der Waals surface area (Å²) >= 11 is 0. The zero-order valence-electron chi connectivity index (χ0n) is 18.0. The Morgan fingerprint density at radius 2 is 1.68 bits per heavy atom. The molecule has 4 amide bonds. The van der Waals surface area contributed by atoms with Gasteiger partial charge in [0.1, 0.15) is 18.1 Å². The molecule has 0 spiro atoms. The van der Waals surface area contributed by atoms with Crippen LogP contribution in [0.1, 0.15) is 46.5 Å². The summed E-state index contributed by atoms with van der Waals surface area (Å²) in [6.07, 6.45) is -0.0531. The van der Waals surface area contributed by atoms with Crippen LogP contribution in [0.15, 0.2) is 0 Å². The molecule has 6 unspecified atom stereocenters. The van der Waals surface area contributed by atoms with Gasteiger partial charge in [0.05, 0.1) is 18.6 Å². The zero-order valence-corrected chi connectivity index (χ0v) is 18.0. The number of aliphatic hydroxyl groups is 1. The van der Waals surface area contributed by atoms with E-state index in [1.165, 1.54) is 6.92 Å². The highest BCUT2D eigenvalue weighted by Gasteiger charge is 2.35. The normalized spacial score (nSPS) is 20.6. The fraction of sp³-hybridized carbons (Fsp3) is 0.737. The molecule has 0 aromatic carbocycles. The van der Waals surface area contributed by atoms with Gasteiger partial charge in [0.15, 0.2) is 0 Å². The maximum Gasteiger partial charge on any atom is 0.326 e. The Labute approximate surface area is 180 Å². The smallest absolute Gasteiger partial charge is 0.326 e. The standard InChI is InChI=1S/C19H33N5O7/c1-4-9(2)14(19(30)31)23-18(29)15(10(3)25)24-17(28)12(8-13(20)26)22-16(27)11-6-5-7-21-11/h9-12,14-15,21,25H,4-8H2,1-3H3,(H2,20,26)(H,22,27)(H,23,29)(H,24,28)(H,30,31). The summed E-state index contributed by atoms with van der Waals surface area (Å²) in [7, 11) is 0. The molecule has 1 saturated heterocycles. The van der Waals surface area contributed by atoms with Crippen molar-refractivity contribution in [1.82, 2.24) is 21.3 Å². The molecular weight excluding hydrogens is 410 g/mol. The van der Waals surface area contributed by atoms with E-state index in [1.54, 1.807) is 13.8 Å². The number of aliphatic carboxylic acids is 1. The summed E-state index contributed by atoms with van der Waals surface area (Å²) in [5.74, 6) is -4.78. The molecule has 12 nitrogen and oxygen atoms in total. The SMILES string of the molecule is CCC(C)C(NC(=O)C(NC(=O)C(CC(N)=O)NC(=O)C1CCCN1)C(C)O)C(=O)O. The number of hydrogen-bond donors (Lipinski definition) is 7. The van der Waals surface area contributed by atoms with Gasteiger partial charge in [-0.1, -0.05) is 20.3 Å². The van der Waals surface area contributed by atoms with Crippen LogP contribution >= 0.6 is 0 Å². The largest absolute Gasteiger partial charge is 0.480 e. The van der Waals surface area contributed by atoms with Crippen molar-refractivity contribution in [1.29, 1.82) is 0 Å². The zero-order chi connectivity index (χ0) is 23.7. The van der Waals surface area contributed by atoms with E-state index >= 15 is 0 Å². The maximum atomic E-state index is 12.7. The lowest BCUT2D eigenvalue weighted by molar-refractivity contribution is -0.144. The quantitative estimate of drug-likeness (QED) is 0.173. The number of primary amides is 1. The lowest BCUT2D eigenvalue weighted by Gasteiger charge is -2.27. The molecule has 1 fully saturated rings. The van der Waals surface area contributed by atoms with Crippen molar-refractivity contribution in [3.8, 4) is 0 Å². The minimum absolute atomic E-state index is 0.396. The van der Waals surface area contributed by atoms with Crippen LogP contribution in [0.4, 0.5) is 0 Å². The van der Waals surface area contributed by atoms with Crippen molar-refractivity contribution in [2.24, 2.45) is 11.7 Å². The first-order valence-electron chi connectivity index (χ1n) is 10.3. The molecule has 176 valence electrons. The number of carbonyl (C=O) groups excluding carboxylic acids is 4. The van der Waals surface area contributed by atoms with E-state index in [9.17, 15) is 34.2 Å². The molecule has 0 bridgehead atoms. The first kappa shape index (κ1) is 26.3. The monoisotopic (exact) mass is 443 g/mol. The second kappa shape index (κ2) is 12.2. The van der Waals surface area contributed by atoms with E-state index in [2.05, 4.69) is 21.3 Å². The lowest BCUT2D eigenvalue weighted by Crippen LogP contribution is -2.60. The number of aliphatic hydroxyl groups excluding tert-OH is 1. The van der Waals surface area contributed by atoms with Gasteiger partial charge >= 0.3 is 5.97 Å². The van der Waals surface area contributed by atoms with Crippen LogP contribution in [-0.2, 0) is 24.0 Å². The van der Waals surface area contributed by atoms with Gasteiger partial charge in [0.2, 0.25) is 23.6 Å². The first-order valence-corrected chi connectivity index (χ1v) is 10.3. The van der Waals surface area contributed by atoms with E-state index in [0.29, 0.717) is 19.4 Å². The molecule has 6 atom stereocenters. The highest BCUT2D eigenvalue weighted by molar-refractivity contribution is 5.96. The Balaban J connectivity index is 2.91. The van der Waals surface area contributed by atoms with Crippen molar-refractivity contribution in [3.63, 3.8) is 0 Å². The van der Waals surface area contributed by atoms with Crippen molar-refractivity contribution < 1.29 is 34.2 Å². The maximum absolute atomic E-state index is 12.7. The summed E-state index contributed by atoms with van der Waals surface area (Å²) < 4.78 is 0. The number of rotatable bonds is 12. The van der Waals surface area contributed by atoms with Gasteiger partial charge in [-0.2, -0.15) is 0 Å². The number of nitrogens with one attached hydrogen (secondary N) is 4. The van der Waals surface area contributed by atoms with Crippen LogP contribution in [-0.4, -0.2) is 76.6 Å². The Kier molecular flexibility index (Phi) is 10.4. The van der Waals surface area contributed by atoms with E-state index < -0.39 is 72.2 Å². The van der Waals surface area contributed by atoms with Crippen LogP contribution in [0.2, 0.25) is 0 Å². The van der Waals surface area contributed by atoms with Crippen LogP contribution in [0.25, 0.3) is 0 Å². The molecule has 0 saturated carbocycles. The van der Waals surface area contributed by atoms with E-state index in [0.717, 1.165) is 6.42 Å². The van der Waals surface area contributed by atoms with E-state index in [-0.39, 0.29) is 0 Å². The molecule has 1 aliphatic rings. The number of carboxylic acids is 1. The van der Waals surface area contributed by atoms with Crippen LogP contribution in [0.5, 0.6) is 0 Å². The van der Waals surface area contributed by atoms with Crippen molar-refractivity contribution in [2.75, 3.05) is 6.54 Å². The molecule has 0 radical (unpaired) electrons. The molecule has 0 aromatic rings. The molecule has 0 aliphatic carbocycles.